The largest absolute Gasteiger partial charge is 0.360 e. The summed E-state index contributed by atoms with van der Waals surface area (Å²) in [6.45, 7) is 1.66. The van der Waals surface area contributed by atoms with Crippen molar-refractivity contribution in [1.29, 1.82) is 5.41 Å². The molecule has 8 heavy (non-hydrogen) atoms. The van der Waals surface area contributed by atoms with Crippen LogP contribution in [0, 0.1) is 5.41 Å². The third kappa shape index (κ3) is 1.59. The Morgan fingerprint density at radius 1 is 1.75 bits per heavy atom. The van der Waals surface area contributed by atoms with Crippen LogP contribution in [0.3, 0.4) is 0 Å². The van der Waals surface area contributed by atoms with Crippen LogP contribution in [0.4, 0.5) is 0 Å². The molecule has 1 aliphatic heterocycles. The first-order valence-electron chi connectivity index (χ1n) is 2.48. The summed E-state index contributed by atoms with van der Waals surface area (Å²) in [7, 11) is 0. The predicted molar refractivity (Wildman–Crippen MR) is 41.5 cm³/mol. The van der Waals surface area contributed by atoms with E-state index in [4.69, 9.17) is 5.41 Å². The molecule has 0 amide bonds. The lowest BCUT2D eigenvalue weighted by molar-refractivity contribution is 0.653. The van der Waals surface area contributed by atoms with Gasteiger partial charge in [0.25, 0.3) is 0 Å². The van der Waals surface area contributed by atoms with Crippen molar-refractivity contribution < 1.29 is 0 Å². The molecule has 0 radical (unpaired) electrons. The standard InChI is InChI=1S/C4H8IN3/c5-3-1-7-2-4(6)8-3/h3,7H,1-2H2,(H2,6,8). The van der Waals surface area contributed by atoms with Gasteiger partial charge in [-0.25, -0.2) is 0 Å². The van der Waals surface area contributed by atoms with E-state index in [0.717, 1.165) is 6.54 Å². The zero-order valence-electron chi connectivity index (χ0n) is 4.37. The molecule has 46 valence electrons. The lowest BCUT2D eigenvalue weighted by Crippen LogP contribution is -2.48. The van der Waals surface area contributed by atoms with E-state index in [9.17, 15) is 0 Å². The topological polar surface area (TPSA) is 47.9 Å². The molecule has 1 saturated heterocycles. The molecule has 0 aromatic rings. The minimum Gasteiger partial charge on any atom is -0.360 e. The molecular formula is C4H8IN3. The Balaban J connectivity index is 2.34. The van der Waals surface area contributed by atoms with Crippen LogP contribution in [0.2, 0.25) is 0 Å². The molecule has 0 aromatic carbocycles. The van der Waals surface area contributed by atoms with E-state index in [0.29, 0.717) is 16.4 Å². The Labute approximate surface area is 61.9 Å². The van der Waals surface area contributed by atoms with Crippen LogP contribution >= 0.6 is 22.6 Å². The number of amidine groups is 1. The van der Waals surface area contributed by atoms with E-state index in [1.54, 1.807) is 0 Å². The van der Waals surface area contributed by atoms with Crippen LogP contribution < -0.4 is 10.6 Å². The Kier molecular flexibility index (Phi) is 2.07. The van der Waals surface area contributed by atoms with Gasteiger partial charge in [-0.3, -0.25) is 5.41 Å². The van der Waals surface area contributed by atoms with Crippen molar-refractivity contribution in [2.45, 2.75) is 4.05 Å². The number of nitrogens with one attached hydrogen (secondary N) is 3. The molecule has 1 aliphatic rings. The minimum atomic E-state index is 0.397. The molecule has 3 N–H and O–H groups in total. The number of alkyl halides is 1. The van der Waals surface area contributed by atoms with E-state index in [1.165, 1.54) is 0 Å². The molecule has 1 rings (SSSR count). The summed E-state index contributed by atoms with van der Waals surface area (Å²) >= 11 is 2.26. The fourth-order valence-corrected chi connectivity index (χ4v) is 1.30. The molecule has 1 atom stereocenters. The van der Waals surface area contributed by atoms with Crippen LogP contribution in [0.5, 0.6) is 0 Å². The van der Waals surface area contributed by atoms with E-state index < -0.39 is 0 Å². The molecule has 0 spiro atoms. The first-order valence-corrected chi connectivity index (χ1v) is 3.72. The number of hydrogen-bond acceptors (Lipinski definition) is 2. The van der Waals surface area contributed by atoms with E-state index in [2.05, 4.69) is 33.2 Å². The van der Waals surface area contributed by atoms with E-state index in [-0.39, 0.29) is 0 Å². The van der Waals surface area contributed by atoms with Crippen LogP contribution in [-0.2, 0) is 0 Å². The third-order valence-electron chi connectivity index (χ3n) is 0.956. The summed E-state index contributed by atoms with van der Waals surface area (Å²) in [6, 6.07) is 0. The second-order valence-corrected chi connectivity index (χ2v) is 3.22. The van der Waals surface area contributed by atoms with Crippen LogP contribution in [0.1, 0.15) is 0 Å². The van der Waals surface area contributed by atoms with Crippen molar-refractivity contribution in [2.75, 3.05) is 13.1 Å². The smallest absolute Gasteiger partial charge is 0.108 e. The molecular weight excluding hydrogens is 217 g/mol. The molecule has 0 bridgehead atoms. The Bertz CT molecular complexity index is 103. The summed E-state index contributed by atoms with van der Waals surface area (Å²) in [4.78, 5) is 0. The summed E-state index contributed by atoms with van der Waals surface area (Å²) in [5, 5.41) is 13.2. The van der Waals surface area contributed by atoms with Gasteiger partial charge in [-0.15, -0.1) is 0 Å². The highest BCUT2D eigenvalue weighted by Crippen LogP contribution is 1.95. The second-order valence-electron chi connectivity index (χ2n) is 1.72. The Morgan fingerprint density at radius 3 is 2.88 bits per heavy atom. The first-order chi connectivity index (χ1) is 3.79. The van der Waals surface area contributed by atoms with Crippen molar-refractivity contribution in [1.82, 2.24) is 10.6 Å². The average molecular weight is 225 g/mol. The van der Waals surface area contributed by atoms with Gasteiger partial charge in [-0.2, -0.15) is 0 Å². The van der Waals surface area contributed by atoms with Gasteiger partial charge in [0.05, 0.1) is 10.6 Å². The van der Waals surface area contributed by atoms with Crippen LogP contribution in [0.15, 0.2) is 0 Å². The normalized spacial score (nSPS) is 29.6. The van der Waals surface area contributed by atoms with Gasteiger partial charge in [0.15, 0.2) is 0 Å². The van der Waals surface area contributed by atoms with Crippen molar-refractivity contribution in [3.63, 3.8) is 0 Å². The molecule has 1 unspecified atom stereocenters. The zero-order chi connectivity index (χ0) is 5.98. The van der Waals surface area contributed by atoms with Crippen LogP contribution in [-0.4, -0.2) is 23.0 Å². The quantitative estimate of drug-likeness (QED) is 0.306. The van der Waals surface area contributed by atoms with Crippen molar-refractivity contribution in [2.24, 2.45) is 0 Å². The molecule has 4 heteroatoms. The lowest BCUT2D eigenvalue weighted by atomic mass is 10.4. The van der Waals surface area contributed by atoms with Gasteiger partial charge in [-0.1, -0.05) is 22.6 Å². The van der Waals surface area contributed by atoms with Gasteiger partial charge in [0.1, 0.15) is 5.84 Å². The van der Waals surface area contributed by atoms with E-state index in [1.807, 2.05) is 0 Å². The SMILES string of the molecule is N=C1CNCC(I)N1. The number of piperazine rings is 1. The summed E-state index contributed by atoms with van der Waals surface area (Å²) in [5.41, 5.74) is 0. The van der Waals surface area contributed by atoms with Gasteiger partial charge >= 0.3 is 0 Å². The van der Waals surface area contributed by atoms with Crippen molar-refractivity contribution in [3.8, 4) is 0 Å². The highest BCUT2D eigenvalue weighted by Gasteiger charge is 2.09. The maximum absolute atomic E-state index is 7.14. The van der Waals surface area contributed by atoms with Crippen LogP contribution in [0.25, 0.3) is 0 Å². The number of hydrogen-bond donors (Lipinski definition) is 3. The Hall–Kier alpha value is 0.160. The fraction of sp³-hybridized carbons (Fsp3) is 0.750. The molecule has 0 saturated carbocycles. The van der Waals surface area contributed by atoms with Gasteiger partial charge < -0.3 is 10.6 Å². The second kappa shape index (κ2) is 2.63. The summed E-state index contributed by atoms with van der Waals surface area (Å²) < 4.78 is 0.397. The highest BCUT2D eigenvalue weighted by molar-refractivity contribution is 14.1. The fourth-order valence-electron chi connectivity index (χ4n) is 0.615. The highest BCUT2D eigenvalue weighted by atomic mass is 127. The monoisotopic (exact) mass is 225 g/mol. The van der Waals surface area contributed by atoms with Gasteiger partial charge in [0, 0.05) is 6.54 Å². The molecule has 1 heterocycles. The third-order valence-corrected chi connectivity index (χ3v) is 1.71. The average Bonchev–Trinajstić information content (AvgIpc) is 1.64. The van der Waals surface area contributed by atoms with Gasteiger partial charge in [0.2, 0.25) is 0 Å². The molecule has 0 aromatic heterocycles. The lowest BCUT2D eigenvalue weighted by Gasteiger charge is -2.20. The predicted octanol–water partition coefficient (Wildman–Crippen LogP) is -0.0824. The number of rotatable bonds is 0. The maximum atomic E-state index is 7.14. The summed E-state index contributed by atoms with van der Waals surface area (Å²) in [6.07, 6.45) is 0. The molecule has 1 fully saturated rings. The minimum absolute atomic E-state index is 0.397. The zero-order valence-corrected chi connectivity index (χ0v) is 6.53. The first kappa shape index (κ1) is 6.28. The molecule has 0 aliphatic carbocycles. The maximum Gasteiger partial charge on any atom is 0.108 e. The van der Waals surface area contributed by atoms with E-state index >= 15 is 0 Å². The van der Waals surface area contributed by atoms with Gasteiger partial charge in [-0.05, 0) is 0 Å². The summed E-state index contributed by atoms with van der Waals surface area (Å²) in [5.74, 6) is 0.593. The Morgan fingerprint density at radius 2 is 2.50 bits per heavy atom. The van der Waals surface area contributed by atoms with Crippen molar-refractivity contribution >= 4 is 28.4 Å². The molecule has 3 nitrogen and oxygen atoms in total. The number of halogens is 1. The van der Waals surface area contributed by atoms with Crippen molar-refractivity contribution in [3.05, 3.63) is 0 Å².